The van der Waals surface area contributed by atoms with Crippen LogP contribution in [0.4, 0.5) is 5.69 Å². The van der Waals surface area contributed by atoms with Gasteiger partial charge in [0.05, 0.1) is 5.54 Å². The van der Waals surface area contributed by atoms with Gasteiger partial charge in [0.25, 0.3) is 0 Å². The van der Waals surface area contributed by atoms with Crippen molar-refractivity contribution in [1.29, 1.82) is 0 Å². The van der Waals surface area contributed by atoms with Crippen LogP contribution in [-0.2, 0) is 0 Å². The number of aliphatic imine (C=N–C) groups is 1. The number of anilines is 1. The highest BCUT2D eigenvalue weighted by molar-refractivity contribution is 14.1. The van der Waals surface area contributed by atoms with Gasteiger partial charge in [0.2, 0.25) is 0 Å². The molecule has 2 atom stereocenters. The van der Waals surface area contributed by atoms with Gasteiger partial charge in [0.1, 0.15) is 0 Å². The molecule has 102 valence electrons. The molecular weight excluding hydrogens is 367 g/mol. The van der Waals surface area contributed by atoms with Gasteiger partial charge in [-0.1, -0.05) is 31.5 Å². The second kappa shape index (κ2) is 5.64. The lowest BCUT2D eigenvalue weighted by atomic mass is 9.78. The van der Waals surface area contributed by atoms with E-state index in [0.717, 1.165) is 22.5 Å². The topological polar surface area (TPSA) is 24.4 Å². The van der Waals surface area contributed by atoms with Crippen molar-refractivity contribution in [3.05, 3.63) is 27.8 Å². The number of rotatable bonds is 1. The molecule has 0 saturated heterocycles. The summed E-state index contributed by atoms with van der Waals surface area (Å²) in [5.74, 6) is 1.99. The standard InChI is InChI=1S/C15H19IN2S/c1-11-3-2-8-15(9-11)10-19-14(18-15)17-13-6-4-12(16)5-7-13/h4-7,11H,2-3,8-10H2,1H3,(H,17,18). The number of benzene rings is 1. The van der Waals surface area contributed by atoms with E-state index in [1.54, 1.807) is 0 Å². The second-order valence-corrected chi connectivity index (χ2v) is 7.97. The van der Waals surface area contributed by atoms with Crippen molar-refractivity contribution >= 4 is 45.2 Å². The van der Waals surface area contributed by atoms with Crippen LogP contribution in [0, 0.1) is 9.49 Å². The molecule has 4 heteroatoms. The van der Waals surface area contributed by atoms with Crippen LogP contribution in [0.2, 0.25) is 0 Å². The van der Waals surface area contributed by atoms with E-state index in [0.29, 0.717) is 0 Å². The number of amidine groups is 1. The molecule has 1 heterocycles. The molecule has 0 amide bonds. The Kier molecular flexibility index (Phi) is 4.08. The summed E-state index contributed by atoms with van der Waals surface area (Å²) in [6.07, 6.45) is 5.24. The van der Waals surface area contributed by atoms with Crippen LogP contribution in [-0.4, -0.2) is 16.5 Å². The number of hydrogen-bond donors (Lipinski definition) is 1. The maximum Gasteiger partial charge on any atom is 0.161 e. The van der Waals surface area contributed by atoms with Crippen LogP contribution >= 0.6 is 34.4 Å². The molecule has 1 aromatic carbocycles. The molecule has 1 aliphatic carbocycles. The van der Waals surface area contributed by atoms with Crippen molar-refractivity contribution in [1.82, 2.24) is 0 Å². The zero-order valence-corrected chi connectivity index (χ0v) is 14.1. The first-order valence-corrected chi connectivity index (χ1v) is 8.97. The first-order chi connectivity index (χ1) is 9.15. The lowest BCUT2D eigenvalue weighted by Gasteiger charge is -2.33. The van der Waals surface area contributed by atoms with Crippen molar-refractivity contribution in [3.63, 3.8) is 0 Å². The quantitative estimate of drug-likeness (QED) is 0.705. The van der Waals surface area contributed by atoms with Crippen molar-refractivity contribution in [2.75, 3.05) is 11.1 Å². The first kappa shape index (κ1) is 13.7. The zero-order valence-electron chi connectivity index (χ0n) is 11.2. The molecule has 1 spiro atoms. The van der Waals surface area contributed by atoms with Gasteiger partial charge in [0, 0.05) is 15.0 Å². The van der Waals surface area contributed by atoms with Crippen LogP contribution in [0.15, 0.2) is 29.3 Å². The van der Waals surface area contributed by atoms with E-state index >= 15 is 0 Å². The van der Waals surface area contributed by atoms with Gasteiger partial charge in [-0.3, -0.25) is 4.99 Å². The van der Waals surface area contributed by atoms with E-state index in [4.69, 9.17) is 4.99 Å². The lowest BCUT2D eigenvalue weighted by molar-refractivity contribution is 0.266. The first-order valence-electron chi connectivity index (χ1n) is 6.90. The lowest BCUT2D eigenvalue weighted by Crippen LogP contribution is -2.33. The molecule has 2 aliphatic rings. The van der Waals surface area contributed by atoms with Crippen LogP contribution in [0.5, 0.6) is 0 Å². The van der Waals surface area contributed by atoms with E-state index in [2.05, 4.69) is 59.1 Å². The Labute approximate surface area is 133 Å². The normalized spacial score (nSPS) is 30.4. The van der Waals surface area contributed by atoms with Crippen molar-refractivity contribution in [2.24, 2.45) is 10.9 Å². The highest BCUT2D eigenvalue weighted by Gasteiger charge is 2.39. The number of thioether (sulfide) groups is 1. The number of hydrogen-bond acceptors (Lipinski definition) is 3. The Hall–Kier alpha value is -0.230. The summed E-state index contributed by atoms with van der Waals surface area (Å²) in [5.41, 5.74) is 1.38. The highest BCUT2D eigenvalue weighted by Crippen LogP contribution is 2.42. The summed E-state index contributed by atoms with van der Waals surface area (Å²) < 4.78 is 1.27. The predicted octanol–water partition coefficient (Wildman–Crippen LogP) is 4.75. The van der Waals surface area contributed by atoms with Crippen molar-refractivity contribution < 1.29 is 0 Å². The third kappa shape index (κ3) is 3.27. The minimum atomic E-state index is 0.230. The molecule has 1 saturated carbocycles. The molecule has 2 unspecified atom stereocenters. The molecule has 1 N–H and O–H groups in total. The van der Waals surface area contributed by atoms with Crippen LogP contribution < -0.4 is 5.32 Å². The summed E-state index contributed by atoms with van der Waals surface area (Å²) in [4.78, 5) is 5.01. The fourth-order valence-electron chi connectivity index (χ4n) is 3.07. The van der Waals surface area contributed by atoms with Gasteiger partial charge in [-0.25, -0.2) is 0 Å². The number of nitrogens with zero attached hydrogens (tertiary/aromatic N) is 1. The van der Waals surface area contributed by atoms with Gasteiger partial charge in [-0.15, -0.1) is 0 Å². The second-order valence-electron chi connectivity index (χ2n) is 5.76. The smallest absolute Gasteiger partial charge is 0.161 e. The van der Waals surface area contributed by atoms with E-state index in [1.807, 2.05) is 11.8 Å². The Morgan fingerprint density at radius 1 is 1.37 bits per heavy atom. The Balaban J connectivity index is 1.71. The molecular formula is C15H19IN2S. The van der Waals surface area contributed by atoms with E-state index in [-0.39, 0.29) is 5.54 Å². The van der Waals surface area contributed by atoms with Crippen LogP contribution in [0.25, 0.3) is 0 Å². The minimum Gasteiger partial charge on any atom is -0.335 e. The van der Waals surface area contributed by atoms with Crippen LogP contribution in [0.1, 0.15) is 32.6 Å². The molecule has 0 aromatic heterocycles. The highest BCUT2D eigenvalue weighted by atomic mass is 127. The average molecular weight is 386 g/mol. The summed E-state index contributed by atoms with van der Waals surface area (Å²) >= 11 is 4.22. The minimum absolute atomic E-state index is 0.230. The van der Waals surface area contributed by atoms with E-state index in [9.17, 15) is 0 Å². The van der Waals surface area contributed by atoms with Gasteiger partial charge in [-0.05, 0) is 65.6 Å². The molecule has 1 aromatic rings. The number of nitrogens with one attached hydrogen (secondary N) is 1. The Morgan fingerprint density at radius 2 is 2.16 bits per heavy atom. The van der Waals surface area contributed by atoms with Crippen LogP contribution in [0.3, 0.4) is 0 Å². The third-order valence-electron chi connectivity index (χ3n) is 3.98. The molecule has 0 bridgehead atoms. The average Bonchev–Trinajstić information content (AvgIpc) is 2.75. The molecule has 19 heavy (non-hydrogen) atoms. The number of halogens is 1. The Bertz CT molecular complexity index is 485. The summed E-state index contributed by atoms with van der Waals surface area (Å²) in [5, 5.41) is 4.57. The molecule has 2 nitrogen and oxygen atoms in total. The van der Waals surface area contributed by atoms with Gasteiger partial charge < -0.3 is 5.32 Å². The fraction of sp³-hybridized carbons (Fsp3) is 0.533. The van der Waals surface area contributed by atoms with Gasteiger partial charge in [0.15, 0.2) is 5.17 Å². The summed E-state index contributed by atoms with van der Waals surface area (Å²) in [6.45, 7) is 2.37. The van der Waals surface area contributed by atoms with E-state index in [1.165, 1.54) is 29.3 Å². The summed E-state index contributed by atoms with van der Waals surface area (Å²) in [7, 11) is 0. The van der Waals surface area contributed by atoms with Gasteiger partial charge in [-0.2, -0.15) is 0 Å². The maximum atomic E-state index is 5.01. The molecule has 3 rings (SSSR count). The molecule has 0 radical (unpaired) electrons. The van der Waals surface area contributed by atoms with E-state index < -0.39 is 0 Å². The largest absolute Gasteiger partial charge is 0.335 e. The van der Waals surface area contributed by atoms with Gasteiger partial charge >= 0.3 is 0 Å². The Morgan fingerprint density at radius 3 is 2.89 bits per heavy atom. The fourth-order valence-corrected chi connectivity index (χ4v) is 4.61. The van der Waals surface area contributed by atoms with Crippen molar-refractivity contribution in [3.8, 4) is 0 Å². The predicted molar refractivity (Wildman–Crippen MR) is 93.0 cm³/mol. The molecule has 1 aliphatic heterocycles. The SMILES string of the molecule is CC1CCCC2(CSC(Nc3ccc(I)cc3)=N2)C1. The zero-order chi connectivity index (χ0) is 13.3. The maximum absolute atomic E-state index is 5.01. The van der Waals surface area contributed by atoms with Crippen molar-refractivity contribution in [2.45, 2.75) is 38.1 Å². The molecule has 1 fully saturated rings. The summed E-state index contributed by atoms with van der Waals surface area (Å²) in [6, 6.07) is 8.50. The third-order valence-corrected chi connectivity index (χ3v) is 5.85. The monoisotopic (exact) mass is 386 g/mol.